The average molecular weight is 220 g/mol. The minimum absolute atomic E-state index is 0.370. The molecule has 0 N–H and O–H groups in total. The summed E-state index contributed by atoms with van der Waals surface area (Å²) >= 11 is 0. The third kappa shape index (κ3) is 3.62. The van der Waals surface area contributed by atoms with Crippen LogP contribution in [-0.4, -0.2) is 24.8 Å². The number of hydrogen-bond acceptors (Lipinski definition) is 2. The topological polar surface area (TPSA) is 18.5 Å². The highest BCUT2D eigenvalue weighted by molar-refractivity contribution is 5.25. The number of methoxy groups -OCH3 is 1. The van der Waals surface area contributed by atoms with Crippen molar-refractivity contribution in [2.75, 3.05) is 13.6 Å². The highest BCUT2D eigenvalue weighted by Crippen LogP contribution is 2.30. The van der Waals surface area contributed by atoms with E-state index in [4.69, 9.17) is 17.7 Å². The predicted octanol–water partition coefficient (Wildman–Crippen LogP) is 3.56. The van der Waals surface area contributed by atoms with E-state index in [0.29, 0.717) is 5.57 Å². The van der Waals surface area contributed by atoms with E-state index in [9.17, 15) is 0 Å². The molecule has 0 heterocycles. The second-order valence-corrected chi connectivity index (χ2v) is 4.66. The standard InChI is InChI=1S/C13H26O2/c1-9-15-13(6,7)11(3)10(2)12(4,5)14-8/h9H2,1-8H3/b11-10-/i1D3,8D3. The van der Waals surface area contributed by atoms with E-state index in [2.05, 4.69) is 0 Å². The van der Waals surface area contributed by atoms with Gasteiger partial charge in [-0.2, -0.15) is 0 Å². The molecule has 0 saturated carbocycles. The lowest BCUT2D eigenvalue weighted by molar-refractivity contribution is 0.0110. The molecule has 0 aliphatic rings. The van der Waals surface area contributed by atoms with Gasteiger partial charge < -0.3 is 9.47 Å². The molecule has 0 aromatic carbocycles. The van der Waals surface area contributed by atoms with Crippen molar-refractivity contribution >= 4 is 0 Å². The van der Waals surface area contributed by atoms with E-state index in [1.165, 1.54) is 0 Å². The number of hydrogen-bond donors (Lipinski definition) is 0. The molecule has 0 aliphatic carbocycles. The van der Waals surface area contributed by atoms with Gasteiger partial charge in [0.1, 0.15) is 0 Å². The van der Waals surface area contributed by atoms with Crippen molar-refractivity contribution in [1.82, 2.24) is 0 Å². The van der Waals surface area contributed by atoms with Crippen LogP contribution in [-0.2, 0) is 9.47 Å². The monoisotopic (exact) mass is 220 g/mol. The summed E-state index contributed by atoms with van der Waals surface area (Å²) in [7, 11) is -2.51. The Morgan fingerprint density at radius 2 is 1.60 bits per heavy atom. The Hall–Kier alpha value is -0.340. The normalized spacial score (nSPS) is 22.8. The van der Waals surface area contributed by atoms with E-state index >= 15 is 0 Å². The van der Waals surface area contributed by atoms with Gasteiger partial charge in [-0.05, 0) is 59.5 Å². The van der Waals surface area contributed by atoms with Gasteiger partial charge in [-0.15, -0.1) is 0 Å². The van der Waals surface area contributed by atoms with Crippen molar-refractivity contribution in [2.45, 2.75) is 59.6 Å². The van der Waals surface area contributed by atoms with Crippen LogP contribution in [0.4, 0.5) is 0 Å². The molecular weight excluding hydrogens is 188 g/mol. The van der Waals surface area contributed by atoms with Crippen LogP contribution in [0, 0.1) is 0 Å². The van der Waals surface area contributed by atoms with Gasteiger partial charge in [0.2, 0.25) is 0 Å². The van der Waals surface area contributed by atoms with E-state index in [-0.39, 0.29) is 6.61 Å². The Labute approximate surface area is 103 Å². The maximum atomic E-state index is 7.22. The summed E-state index contributed by atoms with van der Waals surface area (Å²) in [5.41, 5.74) is -0.376. The van der Waals surface area contributed by atoms with Crippen molar-refractivity contribution < 1.29 is 17.7 Å². The molecular formula is C13H26O2. The smallest absolute Gasteiger partial charge is 0.0836 e. The van der Waals surface area contributed by atoms with Crippen LogP contribution in [0.15, 0.2) is 11.1 Å². The van der Waals surface area contributed by atoms with E-state index < -0.39 is 25.1 Å². The second kappa shape index (κ2) is 5.13. The summed E-state index contributed by atoms with van der Waals surface area (Å²) in [6.45, 7) is 7.85. The Morgan fingerprint density at radius 3 is 2.07 bits per heavy atom. The molecule has 0 atom stereocenters. The van der Waals surface area contributed by atoms with Crippen molar-refractivity contribution in [1.29, 1.82) is 0 Å². The molecule has 0 spiro atoms. The SMILES string of the molecule is [2H]C([2H])([2H])COC(C)(C)/C(C)=C(/C)C(C)(C)OC([2H])([2H])[2H]. The summed E-state index contributed by atoms with van der Waals surface area (Å²) in [6, 6.07) is 0. The lowest BCUT2D eigenvalue weighted by atomic mass is 9.87. The van der Waals surface area contributed by atoms with Gasteiger partial charge >= 0.3 is 0 Å². The van der Waals surface area contributed by atoms with Gasteiger partial charge in [-0.3, -0.25) is 0 Å². The molecule has 0 rings (SSSR count). The van der Waals surface area contributed by atoms with Gasteiger partial charge in [0.15, 0.2) is 0 Å². The van der Waals surface area contributed by atoms with E-state index in [1.54, 1.807) is 41.5 Å². The molecule has 0 bridgehead atoms. The molecule has 0 amide bonds. The van der Waals surface area contributed by atoms with Gasteiger partial charge in [0.05, 0.1) is 15.3 Å². The Kier molecular flexibility index (Phi) is 2.42. The fourth-order valence-corrected chi connectivity index (χ4v) is 1.27. The molecule has 0 aromatic rings. The van der Waals surface area contributed by atoms with Crippen molar-refractivity contribution in [2.24, 2.45) is 0 Å². The van der Waals surface area contributed by atoms with Gasteiger partial charge in [-0.1, -0.05) is 0 Å². The Morgan fingerprint density at radius 1 is 1.07 bits per heavy atom. The quantitative estimate of drug-likeness (QED) is 0.660. The lowest BCUT2D eigenvalue weighted by Gasteiger charge is -2.33. The van der Waals surface area contributed by atoms with E-state index in [0.717, 1.165) is 5.57 Å². The maximum Gasteiger partial charge on any atom is 0.0836 e. The fraction of sp³-hybridized carbons (Fsp3) is 0.846. The molecule has 0 aromatic heterocycles. The third-order valence-corrected chi connectivity index (χ3v) is 3.06. The van der Waals surface area contributed by atoms with Crippen molar-refractivity contribution in [3.05, 3.63) is 11.1 Å². The van der Waals surface area contributed by atoms with Crippen molar-refractivity contribution in [3.8, 4) is 0 Å². The second-order valence-electron chi connectivity index (χ2n) is 4.66. The molecule has 2 heteroatoms. The maximum absolute atomic E-state index is 7.22. The van der Waals surface area contributed by atoms with Crippen molar-refractivity contribution in [3.63, 3.8) is 0 Å². The van der Waals surface area contributed by atoms with Crippen LogP contribution < -0.4 is 0 Å². The Balaban J connectivity index is 5.27. The summed E-state index contributed by atoms with van der Waals surface area (Å²) in [5.74, 6) is 0. The molecule has 0 aliphatic heterocycles. The highest BCUT2D eigenvalue weighted by atomic mass is 16.5. The zero-order valence-corrected chi connectivity index (χ0v) is 10.5. The zero-order valence-electron chi connectivity index (χ0n) is 16.5. The zero-order chi connectivity index (χ0) is 17.3. The van der Waals surface area contributed by atoms with Gasteiger partial charge in [0.25, 0.3) is 0 Å². The first-order valence-corrected chi connectivity index (χ1v) is 5.00. The van der Waals surface area contributed by atoms with Crippen LogP contribution >= 0.6 is 0 Å². The molecule has 90 valence electrons. The van der Waals surface area contributed by atoms with Crippen LogP contribution in [0.25, 0.3) is 0 Å². The number of ether oxygens (including phenoxy) is 2. The van der Waals surface area contributed by atoms with Gasteiger partial charge in [0, 0.05) is 17.8 Å². The summed E-state index contributed by atoms with van der Waals surface area (Å²) in [4.78, 5) is 0. The third-order valence-electron chi connectivity index (χ3n) is 3.06. The Bertz CT molecular complexity index is 390. The summed E-state index contributed by atoms with van der Waals surface area (Å²) in [6.07, 6.45) is 0. The summed E-state index contributed by atoms with van der Waals surface area (Å²) in [5, 5.41) is 0. The summed E-state index contributed by atoms with van der Waals surface area (Å²) < 4.78 is 53.9. The molecule has 0 radical (unpaired) electrons. The first kappa shape index (κ1) is 7.08. The van der Waals surface area contributed by atoms with Crippen LogP contribution in [0.1, 0.15) is 56.6 Å². The van der Waals surface area contributed by atoms with Crippen LogP contribution in [0.2, 0.25) is 0 Å². The molecule has 0 unspecified atom stereocenters. The number of rotatable bonds is 5. The molecule has 0 saturated heterocycles. The molecule has 2 nitrogen and oxygen atoms in total. The highest BCUT2D eigenvalue weighted by Gasteiger charge is 2.28. The first-order valence-electron chi connectivity index (χ1n) is 8.00. The lowest BCUT2D eigenvalue weighted by Crippen LogP contribution is -2.32. The van der Waals surface area contributed by atoms with E-state index in [1.807, 2.05) is 0 Å². The molecule has 15 heavy (non-hydrogen) atoms. The predicted molar refractivity (Wildman–Crippen MR) is 65.2 cm³/mol. The molecule has 0 fully saturated rings. The average Bonchev–Trinajstić information content (AvgIpc) is 2.20. The van der Waals surface area contributed by atoms with Crippen LogP contribution in [0.5, 0.6) is 0 Å². The van der Waals surface area contributed by atoms with Crippen LogP contribution in [0.3, 0.4) is 0 Å². The minimum atomic E-state index is -2.51. The largest absolute Gasteiger partial charge is 0.374 e. The first-order chi connectivity index (χ1) is 8.98. The minimum Gasteiger partial charge on any atom is -0.374 e. The van der Waals surface area contributed by atoms with Gasteiger partial charge in [-0.25, -0.2) is 0 Å². The fourth-order valence-electron chi connectivity index (χ4n) is 1.27.